The summed E-state index contributed by atoms with van der Waals surface area (Å²) in [6.45, 7) is 2.32. The molecule has 15 nitrogen and oxygen atoms in total. The van der Waals surface area contributed by atoms with Crippen LogP contribution in [0.2, 0.25) is 0 Å². The second-order valence-corrected chi connectivity index (χ2v) is 15.1. The molecule has 0 radical (unpaired) electrons. The Kier molecular flexibility index (Phi) is 29.2. The van der Waals surface area contributed by atoms with Crippen molar-refractivity contribution in [2.45, 2.75) is 184 Å². The van der Waals surface area contributed by atoms with Gasteiger partial charge in [-0.3, -0.25) is 9.59 Å². The molecule has 0 aromatic heterocycles. The molecule has 2 fully saturated rings. The highest BCUT2D eigenvalue weighted by Gasteiger charge is 2.47. The molecular weight excluding hydrogens is 780 g/mol. The standard InChI is InChI=1S/C45H74O15/c1-3-5-7-9-11-12-13-14-15-16-17-18-19-20-22-24-26-28-37(48)58-33(30-55-36(47)27-25-23-21-10-8-6-4-2)31-56-44-43(54)41(52)39(50)35(60-44)32-57-45-42(53)40(51)38(49)34(29-46)59-45/h5,7,11-12,14-15,17-18,20,22,33-35,38-46,49-54H,3-4,6,8-10,13,16,19,21,23-32H2,1-2H3/b7-5+,12-11+,15-14+,18-17+,22-20+/t33-,34+,35+,38-,39-,40?,41?,42?,43?,44+,45+/m1/s1. The van der Waals surface area contributed by atoms with Gasteiger partial charge in [-0.15, -0.1) is 0 Å². The summed E-state index contributed by atoms with van der Waals surface area (Å²) in [5.74, 6) is -1.01. The Morgan fingerprint density at radius 1 is 0.550 bits per heavy atom. The Hall–Kier alpha value is -2.80. The van der Waals surface area contributed by atoms with E-state index in [-0.39, 0.29) is 19.4 Å². The van der Waals surface area contributed by atoms with Crippen LogP contribution in [0, 0.1) is 0 Å². The van der Waals surface area contributed by atoms with Crippen molar-refractivity contribution in [3.8, 4) is 0 Å². The van der Waals surface area contributed by atoms with E-state index in [1.54, 1.807) is 0 Å². The molecule has 0 bridgehead atoms. The van der Waals surface area contributed by atoms with Gasteiger partial charge in [0, 0.05) is 12.8 Å². The molecule has 2 saturated heterocycles. The van der Waals surface area contributed by atoms with Gasteiger partial charge in [0.25, 0.3) is 0 Å². The molecule has 0 amide bonds. The second-order valence-electron chi connectivity index (χ2n) is 15.1. The number of unbranched alkanes of at least 4 members (excludes halogenated alkanes) is 7. The van der Waals surface area contributed by atoms with Crippen molar-refractivity contribution in [2.24, 2.45) is 0 Å². The van der Waals surface area contributed by atoms with E-state index in [0.717, 1.165) is 64.2 Å². The summed E-state index contributed by atoms with van der Waals surface area (Å²) in [6, 6.07) is 0. The van der Waals surface area contributed by atoms with Gasteiger partial charge in [-0.1, -0.05) is 113 Å². The lowest BCUT2D eigenvalue weighted by Crippen LogP contribution is -2.61. The lowest BCUT2D eigenvalue weighted by atomic mass is 9.98. The van der Waals surface area contributed by atoms with Crippen LogP contribution < -0.4 is 0 Å². The fourth-order valence-electron chi connectivity index (χ4n) is 6.37. The van der Waals surface area contributed by atoms with Crippen molar-refractivity contribution >= 4 is 11.9 Å². The fraction of sp³-hybridized carbons (Fsp3) is 0.733. The summed E-state index contributed by atoms with van der Waals surface area (Å²) in [6.07, 6.45) is 17.3. The Labute approximate surface area is 356 Å². The molecule has 2 aliphatic rings. The first-order chi connectivity index (χ1) is 29.0. The lowest BCUT2D eigenvalue weighted by molar-refractivity contribution is -0.332. The van der Waals surface area contributed by atoms with Crippen LogP contribution >= 0.6 is 0 Å². The van der Waals surface area contributed by atoms with Gasteiger partial charge in [0.1, 0.15) is 55.4 Å². The van der Waals surface area contributed by atoms with E-state index in [1.165, 1.54) is 6.42 Å². The zero-order valence-electron chi connectivity index (χ0n) is 35.7. The first-order valence-electron chi connectivity index (χ1n) is 21.9. The van der Waals surface area contributed by atoms with Crippen LogP contribution in [0.3, 0.4) is 0 Å². The Morgan fingerprint density at radius 3 is 1.63 bits per heavy atom. The molecule has 7 N–H and O–H groups in total. The van der Waals surface area contributed by atoms with Gasteiger partial charge in [0.2, 0.25) is 0 Å². The molecule has 0 spiro atoms. The zero-order valence-corrected chi connectivity index (χ0v) is 35.7. The molecule has 344 valence electrons. The van der Waals surface area contributed by atoms with E-state index in [4.69, 9.17) is 28.4 Å². The number of hydrogen-bond donors (Lipinski definition) is 7. The number of allylic oxidation sites excluding steroid dienone is 10. The summed E-state index contributed by atoms with van der Waals surface area (Å²) >= 11 is 0. The third kappa shape index (κ3) is 21.8. The SMILES string of the molecule is CC/C=C/C/C=C/C/C=C/C/C=C/C/C=C/CCCC(=O)O[C@H](COC(=O)CCCCCCCCC)CO[C@H]1O[C@@H](CO[C@H]2O[C@@H](CO)[C@@H](O)C(O)C2O)[C@@H](O)C(O)C1O. The van der Waals surface area contributed by atoms with Crippen LogP contribution in [0.1, 0.15) is 117 Å². The van der Waals surface area contributed by atoms with Gasteiger partial charge < -0.3 is 64.2 Å². The van der Waals surface area contributed by atoms with Crippen LogP contribution in [-0.4, -0.2) is 142 Å². The van der Waals surface area contributed by atoms with Crippen LogP contribution in [0.5, 0.6) is 0 Å². The van der Waals surface area contributed by atoms with E-state index in [1.807, 2.05) is 12.2 Å². The quantitative estimate of drug-likeness (QED) is 0.0295. The largest absolute Gasteiger partial charge is 0.462 e. The summed E-state index contributed by atoms with van der Waals surface area (Å²) in [5.41, 5.74) is 0. The molecule has 4 unspecified atom stereocenters. The Balaban J connectivity index is 1.88. The third-order valence-electron chi connectivity index (χ3n) is 10.0. The molecule has 2 rings (SSSR count). The predicted molar refractivity (Wildman–Crippen MR) is 224 cm³/mol. The van der Waals surface area contributed by atoms with Crippen LogP contribution in [-0.2, 0) is 38.0 Å². The molecule has 0 aliphatic carbocycles. The van der Waals surface area contributed by atoms with Crippen molar-refractivity contribution in [3.63, 3.8) is 0 Å². The third-order valence-corrected chi connectivity index (χ3v) is 10.0. The fourth-order valence-corrected chi connectivity index (χ4v) is 6.37. The molecule has 15 heteroatoms. The minimum atomic E-state index is -1.77. The smallest absolute Gasteiger partial charge is 0.306 e. The van der Waals surface area contributed by atoms with E-state index >= 15 is 0 Å². The topological polar surface area (TPSA) is 231 Å². The minimum Gasteiger partial charge on any atom is -0.462 e. The Morgan fingerprint density at radius 2 is 1.05 bits per heavy atom. The summed E-state index contributed by atoms with van der Waals surface area (Å²) < 4.78 is 33.3. The number of rotatable bonds is 31. The van der Waals surface area contributed by atoms with Crippen molar-refractivity contribution in [2.75, 3.05) is 26.4 Å². The lowest BCUT2D eigenvalue weighted by Gasteiger charge is -2.42. The number of aliphatic hydroxyl groups is 7. The molecule has 0 saturated carbocycles. The summed E-state index contributed by atoms with van der Waals surface area (Å²) in [4.78, 5) is 25.4. The van der Waals surface area contributed by atoms with Gasteiger partial charge in [-0.2, -0.15) is 0 Å². The molecule has 60 heavy (non-hydrogen) atoms. The molecule has 0 aromatic rings. The Bertz CT molecular complexity index is 1280. The predicted octanol–water partition coefficient (Wildman–Crippen LogP) is 4.14. The van der Waals surface area contributed by atoms with Gasteiger partial charge in [-0.05, 0) is 51.4 Å². The van der Waals surface area contributed by atoms with E-state index in [0.29, 0.717) is 19.3 Å². The molecule has 11 atom stereocenters. The number of hydrogen-bond acceptors (Lipinski definition) is 15. The normalized spacial score (nSPS) is 28.1. The van der Waals surface area contributed by atoms with Crippen molar-refractivity contribution in [1.82, 2.24) is 0 Å². The first kappa shape index (κ1) is 53.3. The zero-order chi connectivity index (χ0) is 44.0. The van der Waals surface area contributed by atoms with Gasteiger partial charge in [-0.25, -0.2) is 0 Å². The summed E-state index contributed by atoms with van der Waals surface area (Å²) in [7, 11) is 0. The van der Waals surface area contributed by atoms with Crippen molar-refractivity contribution in [1.29, 1.82) is 0 Å². The maximum Gasteiger partial charge on any atom is 0.306 e. The molecular formula is C45H74O15. The molecule has 2 heterocycles. The van der Waals surface area contributed by atoms with Crippen molar-refractivity contribution < 1.29 is 73.8 Å². The van der Waals surface area contributed by atoms with E-state index < -0.39 is 99.3 Å². The van der Waals surface area contributed by atoms with Crippen LogP contribution in [0.25, 0.3) is 0 Å². The maximum atomic E-state index is 12.9. The monoisotopic (exact) mass is 855 g/mol. The number of aliphatic hydroxyl groups excluding tert-OH is 7. The number of esters is 2. The average Bonchev–Trinajstić information content (AvgIpc) is 3.24. The van der Waals surface area contributed by atoms with Crippen molar-refractivity contribution in [3.05, 3.63) is 60.8 Å². The number of carbonyl (C=O) groups excluding carboxylic acids is 2. The van der Waals surface area contributed by atoms with Gasteiger partial charge in [0.15, 0.2) is 18.7 Å². The minimum absolute atomic E-state index is 0.0849. The maximum absolute atomic E-state index is 12.9. The second kappa shape index (κ2) is 32.9. The van der Waals surface area contributed by atoms with Gasteiger partial charge >= 0.3 is 11.9 Å². The number of ether oxygens (including phenoxy) is 6. The number of carbonyl (C=O) groups is 2. The van der Waals surface area contributed by atoms with E-state index in [9.17, 15) is 45.3 Å². The highest BCUT2D eigenvalue weighted by atomic mass is 16.7. The highest BCUT2D eigenvalue weighted by molar-refractivity contribution is 5.70. The first-order valence-corrected chi connectivity index (χ1v) is 21.9. The molecule has 2 aliphatic heterocycles. The van der Waals surface area contributed by atoms with Crippen LogP contribution in [0.4, 0.5) is 0 Å². The summed E-state index contributed by atoms with van der Waals surface area (Å²) in [5, 5.41) is 71.7. The molecule has 0 aromatic carbocycles. The average molecular weight is 855 g/mol. The van der Waals surface area contributed by atoms with Crippen LogP contribution in [0.15, 0.2) is 60.8 Å². The van der Waals surface area contributed by atoms with Gasteiger partial charge in [0.05, 0.1) is 19.8 Å². The van der Waals surface area contributed by atoms with E-state index in [2.05, 4.69) is 62.5 Å². The highest BCUT2D eigenvalue weighted by Crippen LogP contribution is 2.26.